The average Bonchev–Trinajstić information content (AvgIpc) is 2.52. The van der Waals surface area contributed by atoms with Gasteiger partial charge in [0.25, 0.3) is 0 Å². The van der Waals surface area contributed by atoms with Gasteiger partial charge >= 0.3 is 59.1 Å². The first kappa shape index (κ1) is 21.9. The van der Waals surface area contributed by atoms with Gasteiger partial charge in [0, 0.05) is 11.9 Å². The van der Waals surface area contributed by atoms with E-state index in [2.05, 4.69) is 0 Å². The van der Waals surface area contributed by atoms with Gasteiger partial charge in [0.15, 0.2) is 0 Å². The third kappa shape index (κ3) is 4.71. The molecule has 1 aromatic carbocycles. The van der Waals surface area contributed by atoms with Crippen LogP contribution in [-0.2, 0) is 32.2 Å². The second-order valence-corrected chi connectivity index (χ2v) is 5.37. The quantitative estimate of drug-likeness (QED) is 0.288. The molecule has 1 aromatic rings. The maximum absolute atomic E-state index is 10.7. The molecule has 0 unspecified atom stereocenters. The van der Waals surface area contributed by atoms with Crippen LogP contribution in [-0.4, -0.2) is 11.9 Å². The van der Waals surface area contributed by atoms with Crippen LogP contribution >= 0.6 is 0 Å². The summed E-state index contributed by atoms with van der Waals surface area (Å²) in [7, 11) is 0. The Morgan fingerprint density at radius 1 is 0.833 bits per heavy atom. The van der Waals surface area contributed by atoms with Crippen LogP contribution in [0, 0.1) is 0 Å². The summed E-state index contributed by atoms with van der Waals surface area (Å²) in [6.07, 6.45) is 3.47. The summed E-state index contributed by atoms with van der Waals surface area (Å²) < 4.78 is 0. The molecule has 0 spiro atoms. The zero-order valence-corrected chi connectivity index (χ0v) is 17.7. The second-order valence-electron chi connectivity index (χ2n) is 5.37. The fourth-order valence-corrected chi connectivity index (χ4v) is 2.98. The van der Waals surface area contributed by atoms with Crippen molar-refractivity contribution in [3.8, 4) is 0 Å². The molecule has 6 nitrogen and oxygen atoms in total. The third-order valence-electron chi connectivity index (χ3n) is 3.96. The van der Waals surface area contributed by atoms with Gasteiger partial charge in [0.1, 0.15) is 12.2 Å². The molecule has 1 aliphatic carbocycles. The Morgan fingerprint density at radius 2 is 1.21 bits per heavy atom. The van der Waals surface area contributed by atoms with Crippen LogP contribution in [0.4, 0.5) is 0 Å². The van der Waals surface area contributed by atoms with Crippen LogP contribution in [0.15, 0.2) is 24.3 Å². The zero-order valence-electron chi connectivity index (χ0n) is 13.7. The number of aryl methyl sites for hydroxylation is 2. The van der Waals surface area contributed by atoms with Crippen molar-refractivity contribution in [1.82, 2.24) is 0 Å². The van der Waals surface area contributed by atoms with Crippen molar-refractivity contribution >= 4 is 11.9 Å². The van der Waals surface area contributed by atoms with Crippen molar-refractivity contribution in [2.24, 2.45) is 0 Å². The molecule has 0 amide bonds. The molecular weight excluding hydrogens is 334 g/mol. The molecule has 0 saturated carbocycles. The zero-order chi connectivity index (χ0) is 15.7. The van der Waals surface area contributed by atoms with Crippen LogP contribution in [0.5, 0.6) is 0 Å². The largest absolute Gasteiger partial charge is 1.00 e. The van der Waals surface area contributed by atoms with Gasteiger partial charge in [-0.25, -0.2) is 9.78 Å². The van der Waals surface area contributed by atoms with E-state index in [0.717, 1.165) is 22.3 Å². The van der Waals surface area contributed by atoms with Crippen molar-refractivity contribution in [1.29, 1.82) is 0 Å². The number of aliphatic carboxylic acids is 2. The Morgan fingerprint density at radius 3 is 1.50 bits per heavy atom. The van der Waals surface area contributed by atoms with E-state index in [1.165, 1.54) is 0 Å². The summed E-state index contributed by atoms with van der Waals surface area (Å²) in [6, 6.07) is 3.65. The van der Waals surface area contributed by atoms with Gasteiger partial charge in [0.05, 0.1) is 0 Å². The molecule has 0 N–H and O–H groups in total. The van der Waals surface area contributed by atoms with Gasteiger partial charge < -0.3 is 19.8 Å². The van der Waals surface area contributed by atoms with E-state index >= 15 is 0 Å². The molecule has 24 heavy (non-hydrogen) atoms. The van der Waals surface area contributed by atoms with Crippen molar-refractivity contribution in [3.63, 3.8) is 0 Å². The van der Waals surface area contributed by atoms with Crippen molar-refractivity contribution in [2.45, 2.75) is 37.9 Å². The SMILES string of the molecule is O=C([O-])CCc1ccc(CCC(=O)[O-])c2c1[C@@H]1C=C[C@H]2OO1.[Na+].[Na+]. The molecule has 8 heteroatoms. The molecule has 2 aliphatic heterocycles. The topological polar surface area (TPSA) is 98.7 Å². The standard InChI is InChI=1S/C16H16O6.2Na/c17-13(18)7-3-9-1-2-10(4-8-14(19)20)16-12-6-5-11(15(9)16)21-22-12;;/h1-2,5-6,11-12H,3-4,7-8H2,(H,17,18)(H,19,20);;/q;2*+1/p-2/t11-,12+;;. The number of benzene rings is 1. The maximum Gasteiger partial charge on any atom is 1.00 e. The van der Waals surface area contributed by atoms with Crippen LogP contribution in [0.1, 0.15) is 47.3 Å². The van der Waals surface area contributed by atoms with E-state index in [0.29, 0.717) is 12.8 Å². The Hall–Kier alpha value is -0.180. The smallest absolute Gasteiger partial charge is 0.550 e. The molecule has 0 aromatic heterocycles. The Bertz CT molecular complexity index is 603. The molecule has 0 saturated heterocycles. The fourth-order valence-electron chi connectivity index (χ4n) is 2.98. The molecular formula is C16H14Na2O6. The van der Waals surface area contributed by atoms with Gasteiger partial charge in [0.2, 0.25) is 0 Å². The van der Waals surface area contributed by atoms with Crippen molar-refractivity contribution < 1.29 is 88.7 Å². The number of hydrogen-bond acceptors (Lipinski definition) is 6. The van der Waals surface area contributed by atoms with E-state index in [-0.39, 0.29) is 84.2 Å². The van der Waals surface area contributed by atoms with Crippen molar-refractivity contribution in [3.05, 3.63) is 46.5 Å². The van der Waals surface area contributed by atoms with Gasteiger partial charge in [-0.1, -0.05) is 12.1 Å². The molecule has 3 aliphatic rings. The predicted octanol–water partition coefficient (Wildman–Crippen LogP) is -6.33. The number of hydrogen-bond donors (Lipinski definition) is 0. The maximum atomic E-state index is 10.7. The molecule has 116 valence electrons. The second kappa shape index (κ2) is 9.50. The Kier molecular flexibility index (Phi) is 8.65. The van der Waals surface area contributed by atoms with E-state index in [1.54, 1.807) is 0 Å². The minimum absolute atomic E-state index is 0. The first-order valence-electron chi connectivity index (χ1n) is 7.11. The first-order valence-corrected chi connectivity index (χ1v) is 7.11. The summed E-state index contributed by atoms with van der Waals surface area (Å²) in [5, 5.41) is 21.4. The van der Waals surface area contributed by atoms with Gasteiger partial charge in [-0.05, 0) is 60.1 Å². The minimum atomic E-state index is -1.11. The van der Waals surface area contributed by atoms with Gasteiger partial charge in [-0.3, -0.25) is 0 Å². The molecule has 2 atom stereocenters. The number of carboxylic acid groups (broad SMARTS) is 2. The van der Waals surface area contributed by atoms with Crippen molar-refractivity contribution in [2.75, 3.05) is 0 Å². The summed E-state index contributed by atoms with van der Waals surface area (Å²) in [5.41, 5.74) is 3.49. The van der Waals surface area contributed by atoms with E-state index < -0.39 is 11.9 Å². The molecule has 2 bridgehead atoms. The van der Waals surface area contributed by atoms with Crippen LogP contribution in [0.25, 0.3) is 0 Å². The number of carbonyl (C=O) groups excluding carboxylic acids is 2. The molecule has 0 fully saturated rings. The van der Waals surface area contributed by atoms with Gasteiger partial charge in [-0.15, -0.1) is 0 Å². The predicted molar refractivity (Wildman–Crippen MR) is 69.9 cm³/mol. The Balaban J connectivity index is 0.00000144. The minimum Gasteiger partial charge on any atom is -0.550 e. The van der Waals surface area contributed by atoms with E-state index in [9.17, 15) is 19.8 Å². The Labute approximate surface area is 183 Å². The fraction of sp³-hybridized carbons (Fsp3) is 0.375. The number of fused-ring (bicyclic) bond motifs is 1. The average molecular weight is 348 g/mol. The normalized spacial score (nSPS) is 19.8. The third-order valence-corrected chi connectivity index (χ3v) is 3.96. The monoisotopic (exact) mass is 348 g/mol. The molecule has 0 radical (unpaired) electrons. The van der Waals surface area contributed by atoms with Crippen LogP contribution < -0.4 is 69.3 Å². The van der Waals surface area contributed by atoms with E-state index in [4.69, 9.17) is 9.78 Å². The van der Waals surface area contributed by atoms with Crippen LogP contribution in [0.3, 0.4) is 0 Å². The van der Waals surface area contributed by atoms with Crippen LogP contribution in [0.2, 0.25) is 0 Å². The number of rotatable bonds is 6. The summed E-state index contributed by atoms with van der Waals surface area (Å²) >= 11 is 0. The number of carboxylic acids is 2. The molecule has 2 heterocycles. The van der Waals surface area contributed by atoms with Gasteiger partial charge in [-0.2, -0.15) is 0 Å². The van der Waals surface area contributed by atoms with E-state index in [1.807, 2.05) is 24.3 Å². The first-order chi connectivity index (χ1) is 10.6. The number of carbonyl (C=O) groups is 2. The summed E-state index contributed by atoms with van der Waals surface area (Å²) in [6.45, 7) is 0. The summed E-state index contributed by atoms with van der Waals surface area (Å²) in [4.78, 5) is 31.9. The summed E-state index contributed by atoms with van der Waals surface area (Å²) in [5.74, 6) is -2.22. The molecule has 4 rings (SSSR count).